The Bertz CT molecular complexity index is 903. The zero-order chi connectivity index (χ0) is 16.4. The van der Waals surface area contributed by atoms with Crippen LogP contribution >= 0.6 is 0 Å². The van der Waals surface area contributed by atoms with Crippen molar-refractivity contribution in [2.24, 2.45) is 0 Å². The minimum absolute atomic E-state index is 0.642. The van der Waals surface area contributed by atoms with Crippen LogP contribution in [0, 0.1) is 11.3 Å². The molecule has 6 heteroatoms. The maximum absolute atomic E-state index is 9.16. The van der Waals surface area contributed by atoms with Gasteiger partial charge in [-0.3, -0.25) is 0 Å². The van der Waals surface area contributed by atoms with Crippen LogP contribution in [-0.2, 0) is 4.74 Å². The average Bonchev–Trinajstić information content (AvgIpc) is 2.88. The second kappa shape index (κ2) is 6.30. The van der Waals surface area contributed by atoms with E-state index in [2.05, 4.69) is 25.9 Å². The molecule has 1 fully saturated rings. The van der Waals surface area contributed by atoms with Crippen molar-refractivity contribution < 1.29 is 4.74 Å². The highest BCUT2D eigenvalue weighted by Gasteiger charge is 2.19. The minimum Gasteiger partial charge on any atom is -0.380 e. The van der Waals surface area contributed by atoms with E-state index in [9.17, 15) is 0 Å². The Morgan fingerprint density at radius 2 is 2.17 bits per heavy atom. The first-order valence-electron chi connectivity index (χ1n) is 8.02. The molecule has 3 aromatic rings. The van der Waals surface area contributed by atoms with Crippen LogP contribution < -0.4 is 4.90 Å². The fourth-order valence-electron chi connectivity index (χ4n) is 3.13. The molecule has 4 rings (SSSR count). The Kier molecular flexibility index (Phi) is 3.85. The van der Waals surface area contributed by atoms with Gasteiger partial charge in [-0.15, -0.1) is 0 Å². The summed E-state index contributed by atoms with van der Waals surface area (Å²) in [5.41, 5.74) is 3.45. The Balaban J connectivity index is 1.86. The van der Waals surface area contributed by atoms with Gasteiger partial charge in [-0.05, 0) is 24.1 Å². The molecule has 1 aromatic carbocycles. The van der Waals surface area contributed by atoms with Gasteiger partial charge in [0.15, 0.2) is 0 Å². The van der Waals surface area contributed by atoms with E-state index >= 15 is 0 Å². The number of nitrogens with zero attached hydrogens (tertiary/aromatic N) is 4. The molecule has 6 nitrogen and oxygen atoms in total. The molecule has 0 atom stereocenters. The number of H-pyrrole nitrogens is 1. The first-order valence-corrected chi connectivity index (χ1v) is 8.02. The highest BCUT2D eigenvalue weighted by atomic mass is 16.5. The van der Waals surface area contributed by atoms with Crippen molar-refractivity contribution in [3.63, 3.8) is 0 Å². The number of hydrogen-bond acceptors (Lipinski definition) is 5. The summed E-state index contributed by atoms with van der Waals surface area (Å²) in [5.74, 6) is 0.920. The van der Waals surface area contributed by atoms with E-state index in [0.717, 1.165) is 54.1 Å². The third kappa shape index (κ3) is 2.59. The van der Waals surface area contributed by atoms with Crippen molar-refractivity contribution in [1.82, 2.24) is 15.0 Å². The van der Waals surface area contributed by atoms with Gasteiger partial charge in [-0.2, -0.15) is 5.26 Å². The number of nitrogens with one attached hydrogen (secondary N) is 1. The van der Waals surface area contributed by atoms with Crippen molar-refractivity contribution in [1.29, 1.82) is 5.26 Å². The topological polar surface area (TPSA) is 77.8 Å². The molecule has 0 unspecified atom stereocenters. The van der Waals surface area contributed by atoms with E-state index in [0.29, 0.717) is 12.2 Å². The molecule has 0 aliphatic carbocycles. The Labute approximate surface area is 139 Å². The van der Waals surface area contributed by atoms with E-state index in [1.54, 1.807) is 6.33 Å². The lowest BCUT2D eigenvalue weighted by molar-refractivity contribution is 0.152. The van der Waals surface area contributed by atoms with Gasteiger partial charge in [0.1, 0.15) is 17.8 Å². The standard InChI is InChI=1S/C18H17N5O/c19-10-13-3-1-4-14(9-13)15-11-20-17-16(15)18(22-12-21-17)23-5-2-7-24-8-6-23/h1,3-4,9,11-12H,2,5-8H2,(H,20,21,22). The first kappa shape index (κ1) is 14.7. The van der Waals surface area contributed by atoms with Gasteiger partial charge in [0, 0.05) is 31.5 Å². The fraction of sp³-hybridized carbons (Fsp3) is 0.278. The van der Waals surface area contributed by atoms with Crippen molar-refractivity contribution >= 4 is 16.9 Å². The zero-order valence-electron chi connectivity index (χ0n) is 13.2. The summed E-state index contributed by atoms with van der Waals surface area (Å²) in [4.78, 5) is 14.4. The molecule has 0 amide bonds. The van der Waals surface area contributed by atoms with Crippen LogP contribution in [0.2, 0.25) is 0 Å². The van der Waals surface area contributed by atoms with Gasteiger partial charge >= 0.3 is 0 Å². The van der Waals surface area contributed by atoms with Crippen molar-refractivity contribution in [2.45, 2.75) is 6.42 Å². The lowest BCUT2D eigenvalue weighted by Gasteiger charge is -2.21. The third-order valence-electron chi connectivity index (χ3n) is 4.27. The Morgan fingerprint density at radius 3 is 3.08 bits per heavy atom. The zero-order valence-corrected chi connectivity index (χ0v) is 13.2. The van der Waals surface area contributed by atoms with Crippen LogP contribution in [0.5, 0.6) is 0 Å². The largest absolute Gasteiger partial charge is 0.380 e. The normalized spacial score (nSPS) is 15.2. The molecule has 0 bridgehead atoms. The minimum atomic E-state index is 0.642. The van der Waals surface area contributed by atoms with Crippen LogP contribution in [0.1, 0.15) is 12.0 Å². The first-order chi connectivity index (χ1) is 11.9. The maximum atomic E-state index is 9.16. The number of hydrogen-bond donors (Lipinski definition) is 1. The van der Waals surface area contributed by atoms with Crippen LogP contribution in [0.4, 0.5) is 5.82 Å². The molecule has 1 aliphatic rings. The summed E-state index contributed by atoms with van der Waals surface area (Å²) in [7, 11) is 0. The molecule has 1 N–H and O–H groups in total. The van der Waals surface area contributed by atoms with Crippen molar-refractivity contribution in [3.8, 4) is 17.2 Å². The van der Waals surface area contributed by atoms with Gasteiger partial charge in [0.2, 0.25) is 0 Å². The van der Waals surface area contributed by atoms with Gasteiger partial charge in [0.05, 0.1) is 23.6 Å². The summed E-state index contributed by atoms with van der Waals surface area (Å²) in [6.07, 6.45) is 4.51. The predicted octanol–water partition coefficient (Wildman–Crippen LogP) is 2.72. The number of aromatic amines is 1. The maximum Gasteiger partial charge on any atom is 0.143 e. The van der Waals surface area contributed by atoms with Gasteiger partial charge in [-0.1, -0.05) is 12.1 Å². The predicted molar refractivity (Wildman–Crippen MR) is 91.7 cm³/mol. The molecule has 120 valence electrons. The Morgan fingerprint density at radius 1 is 1.21 bits per heavy atom. The quantitative estimate of drug-likeness (QED) is 0.786. The molecule has 1 aliphatic heterocycles. The molecule has 0 radical (unpaired) electrons. The number of fused-ring (bicyclic) bond motifs is 1. The lowest BCUT2D eigenvalue weighted by atomic mass is 10.0. The van der Waals surface area contributed by atoms with Crippen molar-refractivity contribution in [3.05, 3.63) is 42.4 Å². The number of aromatic nitrogens is 3. The highest BCUT2D eigenvalue weighted by molar-refractivity contribution is 6.01. The van der Waals surface area contributed by atoms with E-state index in [4.69, 9.17) is 10.00 Å². The summed E-state index contributed by atoms with van der Waals surface area (Å²) < 4.78 is 5.56. The summed E-state index contributed by atoms with van der Waals surface area (Å²) in [5, 5.41) is 10.2. The van der Waals surface area contributed by atoms with Gasteiger partial charge in [0.25, 0.3) is 0 Å². The Hall–Kier alpha value is -2.91. The lowest BCUT2D eigenvalue weighted by Crippen LogP contribution is -2.27. The monoisotopic (exact) mass is 319 g/mol. The molecule has 3 heterocycles. The summed E-state index contributed by atoms with van der Waals surface area (Å²) >= 11 is 0. The van der Waals surface area contributed by atoms with Gasteiger partial charge in [-0.25, -0.2) is 9.97 Å². The summed E-state index contributed by atoms with van der Waals surface area (Å²) in [6, 6.07) is 9.80. The third-order valence-corrected chi connectivity index (χ3v) is 4.27. The molecule has 0 saturated carbocycles. The average molecular weight is 319 g/mol. The van der Waals surface area contributed by atoms with Crippen molar-refractivity contribution in [2.75, 3.05) is 31.2 Å². The number of nitriles is 1. The van der Waals surface area contributed by atoms with E-state index in [1.165, 1.54) is 0 Å². The molecular formula is C18H17N5O. The molecule has 0 spiro atoms. The second-order valence-corrected chi connectivity index (χ2v) is 5.77. The van der Waals surface area contributed by atoms with Crippen LogP contribution in [0.25, 0.3) is 22.2 Å². The smallest absolute Gasteiger partial charge is 0.143 e. The number of ether oxygens (including phenoxy) is 1. The number of anilines is 1. The molecule has 1 saturated heterocycles. The fourth-order valence-corrected chi connectivity index (χ4v) is 3.13. The van der Waals surface area contributed by atoms with Crippen LogP contribution in [0.3, 0.4) is 0 Å². The number of rotatable bonds is 2. The molecule has 24 heavy (non-hydrogen) atoms. The SMILES string of the molecule is N#Cc1cccc(-c2c[nH]c3ncnc(N4CCCOCC4)c23)c1. The molecule has 2 aromatic heterocycles. The highest BCUT2D eigenvalue weighted by Crippen LogP contribution is 2.34. The van der Waals surface area contributed by atoms with E-state index < -0.39 is 0 Å². The van der Waals surface area contributed by atoms with Crippen LogP contribution in [0.15, 0.2) is 36.8 Å². The second-order valence-electron chi connectivity index (χ2n) is 5.77. The molecular weight excluding hydrogens is 302 g/mol. The van der Waals surface area contributed by atoms with Gasteiger partial charge < -0.3 is 14.6 Å². The van der Waals surface area contributed by atoms with Crippen LogP contribution in [-0.4, -0.2) is 41.3 Å². The summed E-state index contributed by atoms with van der Waals surface area (Å²) in [6.45, 7) is 3.22. The van der Waals surface area contributed by atoms with E-state index in [-0.39, 0.29) is 0 Å². The van der Waals surface area contributed by atoms with E-state index in [1.807, 2.05) is 30.5 Å². The number of benzene rings is 1.